The van der Waals surface area contributed by atoms with Crippen molar-refractivity contribution in [3.8, 4) is 11.3 Å². The average molecular weight is 284 g/mol. The number of para-hydroxylation sites is 1. The molecule has 4 aromatic rings. The van der Waals surface area contributed by atoms with Gasteiger partial charge < -0.3 is 4.57 Å². The highest BCUT2D eigenvalue weighted by atomic mass is 16.1. The van der Waals surface area contributed by atoms with E-state index in [9.17, 15) is 4.79 Å². The maximum Gasteiger partial charge on any atom is 0.259 e. The van der Waals surface area contributed by atoms with Gasteiger partial charge in [0.2, 0.25) is 0 Å². The van der Waals surface area contributed by atoms with Gasteiger partial charge in [-0.25, -0.2) is 0 Å². The van der Waals surface area contributed by atoms with Gasteiger partial charge in [-0.2, -0.15) is 0 Å². The van der Waals surface area contributed by atoms with Crippen molar-refractivity contribution >= 4 is 21.7 Å². The van der Waals surface area contributed by atoms with Gasteiger partial charge in [-0.05, 0) is 29.7 Å². The molecule has 5 rings (SSSR count). The summed E-state index contributed by atoms with van der Waals surface area (Å²) in [4.78, 5) is 17.5. The first kappa shape index (κ1) is 11.7. The van der Waals surface area contributed by atoms with Gasteiger partial charge in [-0.15, -0.1) is 0 Å². The molecule has 22 heavy (non-hydrogen) atoms. The van der Waals surface area contributed by atoms with Crippen molar-refractivity contribution in [1.29, 1.82) is 0 Å². The highest BCUT2D eigenvalue weighted by molar-refractivity contribution is 5.90. The van der Waals surface area contributed by atoms with E-state index in [1.54, 1.807) is 0 Å². The van der Waals surface area contributed by atoms with Gasteiger partial charge in [0.25, 0.3) is 5.56 Å². The zero-order chi connectivity index (χ0) is 14.7. The van der Waals surface area contributed by atoms with Crippen molar-refractivity contribution in [2.75, 3.05) is 0 Å². The van der Waals surface area contributed by atoms with Crippen LogP contribution in [0.2, 0.25) is 0 Å². The number of pyridine rings is 2. The van der Waals surface area contributed by atoms with Gasteiger partial charge >= 0.3 is 0 Å². The van der Waals surface area contributed by atoms with Crippen molar-refractivity contribution in [1.82, 2.24) is 9.55 Å². The van der Waals surface area contributed by atoms with Gasteiger partial charge in [0.1, 0.15) is 0 Å². The molecule has 0 radical (unpaired) electrons. The number of aromatic nitrogens is 2. The monoisotopic (exact) mass is 284 g/mol. The Kier molecular flexibility index (Phi) is 2.15. The Hall–Kier alpha value is -2.94. The molecule has 3 heterocycles. The van der Waals surface area contributed by atoms with Gasteiger partial charge in [0.15, 0.2) is 0 Å². The molecule has 0 fully saturated rings. The molecular formula is C19H12N2O. The van der Waals surface area contributed by atoms with E-state index in [1.807, 2.05) is 47.0 Å². The Bertz CT molecular complexity index is 1130. The second-order valence-electron chi connectivity index (χ2n) is 5.68. The van der Waals surface area contributed by atoms with Crippen LogP contribution in [0.3, 0.4) is 0 Å². The molecule has 1 aliphatic rings. The van der Waals surface area contributed by atoms with Crippen LogP contribution in [0, 0.1) is 0 Å². The molecule has 0 aliphatic carbocycles. The lowest BCUT2D eigenvalue weighted by Gasteiger charge is -2.05. The fourth-order valence-electron chi connectivity index (χ4n) is 3.33. The molecule has 0 atom stereocenters. The smallest absolute Gasteiger partial charge is 0.259 e. The first-order valence-electron chi connectivity index (χ1n) is 7.33. The molecule has 2 aromatic heterocycles. The van der Waals surface area contributed by atoms with Crippen LogP contribution in [-0.4, -0.2) is 9.55 Å². The van der Waals surface area contributed by atoms with Crippen LogP contribution in [0.1, 0.15) is 5.69 Å². The number of benzene rings is 2. The summed E-state index contributed by atoms with van der Waals surface area (Å²) < 4.78 is 1.83. The molecule has 0 saturated heterocycles. The van der Waals surface area contributed by atoms with E-state index in [4.69, 9.17) is 4.98 Å². The standard InChI is InChI=1S/C19H12N2O/c22-19-14-7-3-1-5-12(14)10-18-15-9-13-6-2-4-8-16(13)20-17(15)11-21(18)19/h1-10H,11H2. The van der Waals surface area contributed by atoms with Crippen molar-refractivity contribution in [2.45, 2.75) is 6.54 Å². The number of fused-ring (bicyclic) bond motifs is 5. The molecule has 1 aliphatic heterocycles. The third-order valence-corrected chi connectivity index (χ3v) is 4.41. The van der Waals surface area contributed by atoms with Crippen LogP contribution in [0.5, 0.6) is 0 Å². The summed E-state index contributed by atoms with van der Waals surface area (Å²) in [5.74, 6) is 0. The molecule has 3 heteroatoms. The summed E-state index contributed by atoms with van der Waals surface area (Å²) in [6.45, 7) is 0.555. The van der Waals surface area contributed by atoms with Gasteiger partial charge in [0, 0.05) is 16.3 Å². The molecule has 2 aromatic carbocycles. The van der Waals surface area contributed by atoms with Crippen LogP contribution in [0.25, 0.3) is 32.9 Å². The number of rotatable bonds is 0. The predicted octanol–water partition coefficient (Wildman–Crippen LogP) is 3.58. The summed E-state index contributed by atoms with van der Waals surface area (Å²) >= 11 is 0. The second kappa shape index (κ2) is 4.04. The number of hydrogen-bond donors (Lipinski definition) is 0. The zero-order valence-electron chi connectivity index (χ0n) is 11.8. The Labute approximate surface area is 126 Å². The van der Waals surface area contributed by atoms with E-state index in [2.05, 4.69) is 18.2 Å². The summed E-state index contributed by atoms with van der Waals surface area (Å²) in [6.07, 6.45) is 0. The third kappa shape index (κ3) is 1.45. The minimum Gasteiger partial charge on any atom is -0.302 e. The van der Waals surface area contributed by atoms with E-state index in [1.165, 1.54) is 0 Å². The second-order valence-corrected chi connectivity index (χ2v) is 5.68. The van der Waals surface area contributed by atoms with E-state index < -0.39 is 0 Å². The molecule has 0 unspecified atom stereocenters. The molecule has 0 spiro atoms. The van der Waals surface area contributed by atoms with Crippen LogP contribution in [0.15, 0.2) is 65.5 Å². The molecular weight excluding hydrogens is 272 g/mol. The van der Waals surface area contributed by atoms with E-state index in [0.717, 1.165) is 38.6 Å². The van der Waals surface area contributed by atoms with E-state index in [-0.39, 0.29) is 5.56 Å². The topological polar surface area (TPSA) is 34.9 Å². The Balaban J connectivity index is 1.90. The summed E-state index contributed by atoms with van der Waals surface area (Å²) in [5, 5.41) is 2.86. The summed E-state index contributed by atoms with van der Waals surface area (Å²) in [6, 6.07) is 20.1. The predicted molar refractivity (Wildman–Crippen MR) is 88.0 cm³/mol. The first-order valence-corrected chi connectivity index (χ1v) is 7.33. The zero-order valence-corrected chi connectivity index (χ0v) is 11.8. The molecule has 3 nitrogen and oxygen atoms in total. The average Bonchev–Trinajstić information content (AvgIpc) is 2.91. The summed E-state index contributed by atoms with van der Waals surface area (Å²) in [5.41, 5.74) is 4.06. The molecule has 0 N–H and O–H groups in total. The highest BCUT2D eigenvalue weighted by Crippen LogP contribution is 2.33. The normalized spacial score (nSPS) is 12.5. The quantitative estimate of drug-likeness (QED) is 0.435. The van der Waals surface area contributed by atoms with Crippen LogP contribution >= 0.6 is 0 Å². The lowest BCUT2D eigenvalue weighted by atomic mass is 10.1. The molecule has 104 valence electrons. The Morgan fingerprint density at radius 1 is 0.909 bits per heavy atom. The SMILES string of the molecule is O=c1c2ccccc2cc2n1Cc1nc3ccccc3cc1-2. The Morgan fingerprint density at radius 3 is 2.59 bits per heavy atom. The van der Waals surface area contributed by atoms with Crippen molar-refractivity contribution in [2.24, 2.45) is 0 Å². The largest absolute Gasteiger partial charge is 0.302 e. The minimum absolute atomic E-state index is 0.0650. The maximum atomic E-state index is 12.7. The summed E-state index contributed by atoms with van der Waals surface area (Å²) in [7, 11) is 0. The van der Waals surface area contributed by atoms with Crippen molar-refractivity contribution in [3.05, 3.63) is 76.7 Å². The number of hydrogen-bond acceptors (Lipinski definition) is 2. The lowest BCUT2D eigenvalue weighted by molar-refractivity contribution is 0.797. The van der Waals surface area contributed by atoms with E-state index >= 15 is 0 Å². The van der Waals surface area contributed by atoms with Gasteiger partial charge in [0.05, 0.1) is 23.4 Å². The van der Waals surface area contributed by atoms with Crippen LogP contribution in [0.4, 0.5) is 0 Å². The Morgan fingerprint density at radius 2 is 1.68 bits per heavy atom. The third-order valence-electron chi connectivity index (χ3n) is 4.41. The number of nitrogens with zero attached hydrogens (tertiary/aromatic N) is 2. The maximum absolute atomic E-state index is 12.7. The van der Waals surface area contributed by atoms with Crippen LogP contribution < -0.4 is 5.56 Å². The van der Waals surface area contributed by atoms with Crippen molar-refractivity contribution < 1.29 is 0 Å². The van der Waals surface area contributed by atoms with E-state index in [0.29, 0.717) is 6.54 Å². The molecule has 0 bridgehead atoms. The van der Waals surface area contributed by atoms with Gasteiger partial charge in [-0.1, -0.05) is 36.4 Å². The minimum atomic E-state index is 0.0650. The molecule has 0 saturated carbocycles. The van der Waals surface area contributed by atoms with Crippen LogP contribution in [-0.2, 0) is 6.54 Å². The molecule has 0 amide bonds. The van der Waals surface area contributed by atoms with Crippen molar-refractivity contribution in [3.63, 3.8) is 0 Å². The van der Waals surface area contributed by atoms with Gasteiger partial charge in [-0.3, -0.25) is 9.78 Å². The lowest BCUT2D eigenvalue weighted by Crippen LogP contribution is -2.18. The highest BCUT2D eigenvalue weighted by Gasteiger charge is 2.22. The fourth-order valence-corrected chi connectivity index (χ4v) is 3.33. The first-order chi connectivity index (χ1) is 10.8. The fraction of sp³-hybridized carbons (Fsp3) is 0.0526.